The predicted molar refractivity (Wildman–Crippen MR) is 114 cm³/mol. The van der Waals surface area contributed by atoms with Gasteiger partial charge in [0, 0.05) is 0 Å². The summed E-state index contributed by atoms with van der Waals surface area (Å²) in [4.78, 5) is 37.6. The molecule has 1 atom stereocenters. The van der Waals surface area contributed by atoms with Crippen molar-refractivity contribution in [1.82, 2.24) is 10.2 Å². The lowest BCUT2D eigenvalue weighted by Crippen LogP contribution is -2.46. The molecule has 0 unspecified atom stereocenters. The van der Waals surface area contributed by atoms with Crippen LogP contribution in [0.1, 0.15) is 17.5 Å². The molecule has 2 amide bonds. The van der Waals surface area contributed by atoms with Crippen LogP contribution in [0, 0.1) is 6.92 Å². The molecule has 0 aromatic heterocycles. The number of nitrogens with one attached hydrogen (secondary N) is 1. The first kappa shape index (κ1) is 21.5. The molecule has 2 N–H and O–H groups in total. The zero-order valence-corrected chi connectivity index (χ0v) is 17.4. The summed E-state index contributed by atoms with van der Waals surface area (Å²) in [5.74, 6) is -1.38. The van der Waals surface area contributed by atoms with E-state index in [1.165, 1.54) is 16.7 Å². The number of rotatable bonds is 8. The molecule has 0 spiro atoms. The molecule has 1 aromatic rings. The van der Waals surface area contributed by atoms with Gasteiger partial charge in [-0.2, -0.15) is 11.8 Å². The van der Waals surface area contributed by atoms with E-state index in [4.69, 9.17) is 12.2 Å². The molecule has 27 heavy (non-hydrogen) atoms. The summed E-state index contributed by atoms with van der Waals surface area (Å²) in [7, 11) is 0. The number of amides is 2. The van der Waals surface area contributed by atoms with Gasteiger partial charge < -0.3 is 10.4 Å². The second-order valence-corrected chi connectivity index (χ2v) is 8.58. The van der Waals surface area contributed by atoms with Crippen molar-refractivity contribution in [3.8, 4) is 0 Å². The maximum absolute atomic E-state index is 12.6. The van der Waals surface area contributed by atoms with Gasteiger partial charge in [-0.05, 0) is 37.0 Å². The van der Waals surface area contributed by atoms with E-state index in [0.29, 0.717) is 17.1 Å². The third kappa shape index (κ3) is 6.08. The number of carboxylic acids is 1. The summed E-state index contributed by atoms with van der Waals surface area (Å²) in [5.41, 5.74) is 1.99. The van der Waals surface area contributed by atoms with Gasteiger partial charge in [-0.15, -0.1) is 0 Å². The maximum atomic E-state index is 12.6. The Labute approximate surface area is 171 Å². The zero-order chi connectivity index (χ0) is 20.0. The van der Waals surface area contributed by atoms with E-state index in [1.807, 2.05) is 37.4 Å². The number of hydrogen-bond acceptors (Lipinski definition) is 6. The lowest BCUT2D eigenvalue weighted by Gasteiger charge is -2.17. The molecule has 0 saturated carbocycles. The number of carbonyl (C=O) groups is 3. The molecular formula is C18H20N2O4S3. The van der Waals surface area contributed by atoms with Crippen molar-refractivity contribution in [2.75, 3.05) is 18.6 Å². The Bertz CT molecular complexity index is 777. The van der Waals surface area contributed by atoms with Crippen LogP contribution in [-0.4, -0.2) is 56.7 Å². The van der Waals surface area contributed by atoms with Crippen LogP contribution >= 0.6 is 35.7 Å². The number of aryl methyl sites for hydroxylation is 1. The van der Waals surface area contributed by atoms with Crippen LogP contribution in [0.25, 0.3) is 6.08 Å². The molecule has 1 fully saturated rings. The van der Waals surface area contributed by atoms with Gasteiger partial charge in [-0.3, -0.25) is 14.5 Å². The Morgan fingerprint density at radius 3 is 2.63 bits per heavy atom. The van der Waals surface area contributed by atoms with Crippen molar-refractivity contribution in [1.29, 1.82) is 0 Å². The Hall–Kier alpha value is -1.84. The molecule has 1 aromatic carbocycles. The number of benzene rings is 1. The van der Waals surface area contributed by atoms with Crippen LogP contribution in [0.4, 0.5) is 0 Å². The van der Waals surface area contributed by atoms with Crippen LogP contribution < -0.4 is 5.32 Å². The van der Waals surface area contributed by atoms with E-state index in [0.717, 1.165) is 22.9 Å². The number of aliphatic carboxylic acids is 1. The first-order chi connectivity index (χ1) is 12.8. The highest BCUT2D eigenvalue weighted by atomic mass is 32.2. The fraction of sp³-hybridized carbons (Fsp3) is 0.333. The Morgan fingerprint density at radius 2 is 2.04 bits per heavy atom. The molecule has 1 heterocycles. The standard InChI is InChI=1S/C18H20N2O4S3/c1-11-3-5-12(6-4-11)9-14-16(22)20(18(25)27-14)10-15(21)19-13(17(23)24)7-8-26-2/h3-6,9,13H,7-8,10H2,1-2H3,(H,19,21)(H,23,24)/b14-9+/t13-/m1/s1. The zero-order valence-electron chi connectivity index (χ0n) is 14.9. The van der Waals surface area contributed by atoms with Crippen molar-refractivity contribution in [2.45, 2.75) is 19.4 Å². The summed E-state index contributed by atoms with van der Waals surface area (Å²) >= 11 is 7.84. The second-order valence-electron chi connectivity index (χ2n) is 5.92. The maximum Gasteiger partial charge on any atom is 0.326 e. The van der Waals surface area contributed by atoms with Crippen molar-refractivity contribution < 1.29 is 19.5 Å². The number of thiocarbonyl (C=S) groups is 1. The van der Waals surface area contributed by atoms with Crippen molar-refractivity contribution >= 4 is 63.9 Å². The highest BCUT2D eigenvalue weighted by Crippen LogP contribution is 2.32. The molecule has 1 aliphatic heterocycles. The summed E-state index contributed by atoms with van der Waals surface area (Å²) < 4.78 is 0.282. The van der Waals surface area contributed by atoms with E-state index in [1.54, 1.807) is 6.08 Å². The molecule has 6 nitrogen and oxygen atoms in total. The Kier molecular flexibility index (Phi) is 7.88. The second kappa shape index (κ2) is 9.91. The average molecular weight is 425 g/mol. The summed E-state index contributed by atoms with van der Waals surface area (Å²) in [6.45, 7) is 1.68. The number of thioether (sulfide) groups is 2. The quantitative estimate of drug-likeness (QED) is 0.490. The number of hydrogen-bond donors (Lipinski definition) is 2. The summed E-state index contributed by atoms with van der Waals surface area (Å²) in [6, 6.07) is 6.71. The Morgan fingerprint density at radius 1 is 1.37 bits per heavy atom. The third-order valence-electron chi connectivity index (χ3n) is 3.79. The molecule has 0 radical (unpaired) electrons. The molecule has 1 saturated heterocycles. The van der Waals surface area contributed by atoms with E-state index in [9.17, 15) is 19.5 Å². The fourth-order valence-electron chi connectivity index (χ4n) is 2.33. The molecule has 0 bridgehead atoms. The van der Waals surface area contributed by atoms with Gasteiger partial charge in [0.2, 0.25) is 5.91 Å². The van der Waals surface area contributed by atoms with Crippen molar-refractivity contribution in [3.05, 3.63) is 40.3 Å². The number of carboxylic acid groups (broad SMARTS) is 1. The van der Waals surface area contributed by atoms with E-state index < -0.39 is 17.9 Å². The largest absolute Gasteiger partial charge is 0.480 e. The van der Waals surface area contributed by atoms with E-state index in [-0.39, 0.29) is 16.8 Å². The topological polar surface area (TPSA) is 86.7 Å². The predicted octanol–water partition coefficient (Wildman–Crippen LogP) is 2.52. The van der Waals surface area contributed by atoms with E-state index >= 15 is 0 Å². The van der Waals surface area contributed by atoms with Gasteiger partial charge in [-0.25, -0.2) is 4.79 Å². The van der Waals surface area contributed by atoms with Crippen LogP contribution in [0.15, 0.2) is 29.2 Å². The Balaban J connectivity index is 2.03. The van der Waals surface area contributed by atoms with Gasteiger partial charge in [0.15, 0.2) is 0 Å². The van der Waals surface area contributed by atoms with Crippen LogP contribution in [-0.2, 0) is 14.4 Å². The minimum atomic E-state index is -1.10. The van der Waals surface area contributed by atoms with Crippen LogP contribution in [0.5, 0.6) is 0 Å². The smallest absolute Gasteiger partial charge is 0.326 e. The molecule has 2 rings (SSSR count). The lowest BCUT2D eigenvalue weighted by molar-refractivity contribution is -0.142. The van der Waals surface area contributed by atoms with Gasteiger partial charge in [-0.1, -0.05) is 53.8 Å². The highest BCUT2D eigenvalue weighted by Gasteiger charge is 2.34. The monoisotopic (exact) mass is 424 g/mol. The normalized spacial score (nSPS) is 16.7. The minimum absolute atomic E-state index is 0.282. The molecule has 144 valence electrons. The van der Waals surface area contributed by atoms with Crippen LogP contribution in [0.2, 0.25) is 0 Å². The fourth-order valence-corrected chi connectivity index (χ4v) is 4.05. The lowest BCUT2D eigenvalue weighted by atomic mass is 10.1. The molecule has 0 aliphatic carbocycles. The van der Waals surface area contributed by atoms with Crippen molar-refractivity contribution in [3.63, 3.8) is 0 Å². The van der Waals surface area contributed by atoms with Gasteiger partial charge in [0.05, 0.1) is 4.91 Å². The SMILES string of the molecule is CSCC[C@@H](NC(=O)CN1C(=O)/C(=C\c2ccc(C)cc2)SC1=S)C(=O)O. The summed E-state index contributed by atoms with van der Waals surface area (Å²) in [6.07, 6.45) is 3.91. The van der Waals surface area contributed by atoms with Gasteiger partial charge in [0.25, 0.3) is 5.91 Å². The minimum Gasteiger partial charge on any atom is -0.480 e. The average Bonchev–Trinajstić information content (AvgIpc) is 2.87. The number of nitrogens with zero attached hydrogens (tertiary/aromatic N) is 1. The van der Waals surface area contributed by atoms with Crippen LogP contribution in [0.3, 0.4) is 0 Å². The van der Waals surface area contributed by atoms with Gasteiger partial charge >= 0.3 is 5.97 Å². The highest BCUT2D eigenvalue weighted by molar-refractivity contribution is 8.26. The molecule has 9 heteroatoms. The van der Waals surface area contributed by atoms with Gasteiger partial charge in [0.1, 0.15) is 16.9 Å². The first-order valence-electron chi connectivity index (χ1n) is 8.15. The van der Waals surface area contributed by atoms with Crippen molar-refractivity contribution in [2.24, 2.45) is 0 Å². The van der Waals surface area contributed by atoms with E-state index in [2.05, 4.69) is 5.32 Å². The number of carbonyl (C=O) groups excluding carboxylic acids is 2. The molecule has 1 aliphatic rings. The third-order valence-corrected chi connectivity index (χ3v) is 5.82. The first-order valence-corrected chi connectivity index (χ1v) is 10.8. The molecular weight excluding hydrogens is 404 g/mol. The summed E-state index contributed by atoms with van der Waals surface area (Å²) in [5, 5.41) is 11.7.